The van der Waals surface area contributed by atoms with Crippen LogP contribution in [0.2, 0.25) is 0 Å². The maximum Gasteiger partial charge on any atom is 0.135 e. The number of hydrogen-bond acceptors (Lipinski definition) is 5. The summed E-state index contributed by atoms with van der Waals surface area (Å²) in [6, 6.07) is 5.69. The van der Waals surface area contributed by atoms with Crippen molar-refractivity contribution in [3.63, 3.8) is 0 Å². The molecule has 28 heavy (non-hydrogen) atoms. The van der Waals surface area contributed by atoms with E-state index in [0.717, 1.165) is 40.5 Å². The van der Waals surface area contributed by atoms with E-state index in [1.165, 1.54) is 18.2 Å². The lowest BCUT2D eigenvalue weighted by Gasteiger charge is -2.35. The summed E-state index contributed by atoms with van der Waals surface area (Å²) in [5, 5.41) is 19.6. The van der Waals surface area contributed by atoms with E-state index in [1.54, 1.807) is 11.3 Å². The van der Waals surface area contributed by atoms with Crippen LogP contribution >= 0.6 is 11.3 Å². The number of aryl methyl sites for hydroxylation is 1. The Labute approximate surface area is 166 Å². The van der Waals surface area contributed by atoms with Crippen LogP contribution in [0.25, 0.3) is 11.3 Å². The lowest BCUT2D eigenvalue weighted by Crippen LogP contribution is -2.36. The van der Waals surface area contributed by atoms with Crippen molar-refractivity contribution in [3.05, 3.63) is 57.2 Å². The topological polar surface area (TPSA) is 51.6 Å². The summed E-state index contributed by atoms with van der Waals surface area (Å²) in [5.74, 6) is -0.994. The number of nitrogens with zero attached hydrogens (tertiary/aromatic N) is 4. The molecule has 2 aliphatic carbocycles. The standard InChI is InChI=1S/C21H20F2N4S/c1-4-16-25-27-19(28-16)21-9-8-12(20(21,2)3)11-10-15(24-26-18(11)21)17-13(22)6-5-7-14(17)23/h5-7,10,12H,4,8-9H2,1-3H3/t12-,21+/m0/s1. The highest BCUT2D eigenvalue weighted by Crippen LogP contribution is 2.70. The van der Waals surface area contributed by atoms with Crippen molar-refractivity contribution in [3.8, 4) is 11.3 Å². The van der Waals surface area contributed by atoms with Gasteiger partial charge in [0.1, 0.15) is 21.6 Å². The van der Waals surface area contributed by atoms with Gasteiger partial charge in [-0.1, -0.05) is 26.8 Å². The molecule has 1 fully saturated rings. The van der Waals surface area contributed by atoms with E-state index in [2.05, 4.69) is 41.2 Å². The summed E-state index contributed by atoms with van der Waals surface area (Å²) in [4.78, 5) is 0. The van der Waals surface area contributed by atoms with Crippen molar-refractivity contribution in [2.24, 2.45) is 5.41 Å². The molecule has 2 aromatic heterocycles. The molecule has 0 aliphatic heterocycles. The van der Waals surface area contributed by atoms with Crippen molar-refractivity contribution in [2.45, 2.75) is 51.4 Å². The number of hydrogen-bond donors (Lipinski definition) is 0. The van der Waals surface area contributed by atoms with E-state index in [1.807, 2.05) is 6.07 Å². The Bertz CT molecular complexity index is 1070. The smallest absolute Gasteiger partial charge is 0.135 e. The van der Waals surface area contributed by atoms with Gasteiger partial charge in [-0.3, -0.25) is 0 Å². The molecule has 2 bridgehead atoms. The van der Waals surface area contributed by atoms with Crippen molar-refractivity contribution >= 4 is 11.3 Å². The van der Waals surface area contributed by atoms with Gasteiger partial charge in [0.15, 0.2) is 0 Å². The average molecular weight is 398 g/mol. The second-order valence-corrected chi connectivity index (χ2v) is 9.27. The Kier molecular flexibility index (Phi) is 3.72. The van der Waals surface area contributed by atoms with Crippen molar-refractivity contribution in [1.82, 2.24) is 20.4 Å². The molecule has 0 unspecified atom stereocenters. The molecule has 4 nitrogen and oxygen atoms in total. The van der Waals surface area contributed by atoms with Crippen LogP contribution in [0, 0.1) is 17.0 Å². The van der Waals surface area contributed by atoms with Crippen LogP contribution in [-0.2, 0) is 11.8 Å². The van der Waals surface area contributed by atoms with E-state index in [4.69, 9.17) is 0 Å². The van der Waals surface area contributed by atoms with Crippen LogP contribution in [0.3, 0.4) is 0 Å². The molecular formula is C21H20F2N4S. The summed E-state index contributed by atoms with van der Waals surface area (Å²) in [6.07, 6.45) is 2.78. The van der Waals surface area contributed by atoms with Gasteiger partial charge in [0, 0.05) is 0 Å². The van der Waals surface area contributed by atoms with Crippen LogP contribution in [0.1, 0.15) is 60.8 Å². The van der Waals surface area contributed by atoms with Gasteiger partial charge in [-0.2, -0.15) is 5.10 Å². The van der Waals surface area contributed by atoms with E-state index < -0.39 is 11.6 Å². The predicted octanol–water partition coefficient (Wildman–Crippen LogP) is 5.04. The van der Waals surface area contributed by atoms with Gasteiger partial charge in [-0.15, -0.1) is 26.6 Å². The summed E-state index contributed by atoms with van der Waals surface area (Å²) < 4.78 is 28.6. The van der Waals surface area contributed by atoms with Crippen LogP contribution in [-0.4, -0.2) is 20.4 Å². The molecule has 5 rings (SSSR count). The lowest BCUT2D eigenvalue weighted by molar-refractivity contribution is 0.246. The Morgan fingerprint density at radius 3 is 2.54 bits per heavy atom. The number of fused-ring (bicyclic) bond motifs is 5. The van der Waals surface area contributed by atoms with Gasteiger partial charge >= 0.3 is 0 Å². The number of rotatable bonds is 3. The molecule has 3 aromatic rings. The van der Waals surface area contributed by atoms with E-state index >= 15 is 0 Å². The zero-order chi connectivity index (χ0) is 19.7. The summed E-state index contributed by atoms with van der Waals surface area (Å²) in [7, 11) is 0. The van der Waals surface area contributed by atoms with Gasteiger partial charge in [0.2, 0.25) is 0 Å². The minimum Gasteiger partial charge on any atom is -0.206 e. The first-order valence-electron chi connectivity index (χ1n) is 9.55. The second-order valence-electron chi connectivity index (χ2n) is 8.20. The number of aromatic nitrogens is 4. The largest absolute Gasteiger partial charge is 0.206 e. The third-order valence-electron chi connectivity index (χ3n) is 6.74. The molecule has 0 amide bonds. The minimum atomic E-state index is -0.622. The zero-order valence-electron chi connectivity index (χ0n) is 16.0. The molecule has 2 aliphatic rings. The molecule has 2 atom stereocenters. The Hall–Kier alpha value is -2.28. The first-order chi connectivity index (χ1) is 13.4. The summed E-state index contributed by atoms with van der Waals surface area (Å²) in [5.41, 5.74) is 1.62. The predicted molar refractivity (Wildman–Crippen MR) is 103 cm³/mol. The van der Waals surface area contributed by atoms with Gasteiger partial charge in [-0.05, 0) is 54.4 Å². The maximum absolute atomic E-state index is 14.3. The van der Waals surface area contributed by atoms with Gasteiger partial charge in [0.05, 0.1) is 22.4 Å². The third-order valence-corrected chi connectivity index (χ3v) is 7.96. The van der Waals surface area contributed by atoms with Crippen LogP contribution in [0.15, 0.2) is 24.3 Å². The van der Waals surface area contributed by atoms with Gasteiger partial charge in [0.25, 0.3) is 0 Å². The number of halogens is 2. The highest BCUT2D eigenvalue weighted by Gasteiger charge is 2.65. The molecule has 0 N–H and O–H groups in total. The zero-order valence-corrected chi connectivity index (χ0v) is 16.8. The van der Waals surface area contributed by atoms with Gasteiger partial charge in [-0.25, -0.2) is 8.78 Å². The lowest BCUT2D eigenvalue weighted by atomic mass is 9.69. The Morgan fingerprint density at radius 1 is 1.11 bits per heavy atom. The second kappa shape index (κ2) is 5.86. The SMILES string of the molecule is CCc1nnc([C@@]23CC[C@@H](c4cc(-c5c(F)cccc5F)nnc42)C3(C)C)s1. The average Bonchev–Trinajstić information content (AvgIpc) is 3.30. The van der Waals surface area contributed by atoms with E-state index in [-0.39, 0.29) is 28.0 Å². The highest BCUT2D eigenvalue weighted by molar-refractivity contribution is 7.11. The first kappa shape index (κ1) is 17.8. The molecule has 2 heterocycles. The van der Waals surface area contributed by atoms with E-state index in [9.17, 15) is 8.78 Å². The molecule has 144 valence electrons. The molecule has 7 heteroatoms. The van der Waals surface area contributed by atoms with Gasteiger partial charge < -0.3 is 0 Å². The quantitative estimate of drug-likeness (QED) is 0.620. The fourth-order valence-electron chi connectivity index (χ4n) is 5.23. The molecule has 0 radical (unpaired) electrons. The van der Waals surface area contributed by atoms with Crippen molar-refractivity contribution < 1.29 is 8.78 Å². The molecule has 1 saturated carbocycles. The molecule has 1 aromatic carbocycles. The van der Waals surface area contributed by atoms with Crippen molar-refractivity contribution in [2.75, 3.05) is 0 Å². The number of benzene rings is 1. The Balaban J connectivity index is 1.71. The summed E-state index contributed by atoms with van der Waals surface area (Å²) >= 11 is 1.64. The fraction of sp³-hybridized carbons (Fsp3) is 0.429. The van der Waals surface area contributed by atoms with Crippen LogP contribution in [0.4, 0.5) is 8.78 Å². The monoisotopic (exact) mass is 398 g/mol. The van der Waals surface area contributed by atoms with Crippen LogP contribution < -0.4 is 0 Å². The molecular weight excluding hydrogens is 378 g/mol. The summed E-state index contributed by atoms with van der Waals surface area (Å²) in [6.45, 7) is 6.55. The fourth-order valence-corrected chi connectivity index (χ4v) is 6.40. The van der Waals surface area contributed by atoms with Crippen molar-refractivity contribution in [1.29, 1.82) is 0 Å². The minimum absolute atomic E-state index is 0.110. The highest BCUT2D eigenvalue weighted by atomic mass is 32.1. The molecule has 0 saturated heterocycles. The van der Waals surface area contributed by atoms with Crippen LogP contribution in [0.5, 0.6) is 0 Å². The third kappa shape index (κ3) is 2.08. The maximum atomic E-state index is 14.3. The van der Waals surface area contributed by atoms with E-state index in [0.29, 0.717) is 0 Å². The molecule has 0 spiro atoms. The Morgan fingerprint density at radius 2 is 1.86 bits per heavy atom. The first-order valence-corrected chi connectivity index (χ1v) is 10.4. The normalized spacial score (nSPS) is 24.5.